The molecule has 1 aliphatic rings. The minimum atomic E-state index is 0.306. The first-order valence-electron chi connectivity index (χ1n) is 7.81. The average molecular weight is 292 g/mol. The van der Waals surface area contributed by atoms with Crippen LogP contribution in [0.15, 0.2) is 18.2 Å². The third-order valence-corrected chi connectivity index (χ3v) is 4.49. The Morgan fingerprint density at radius 1 is 1.24 bits per heavy atom. The zero-order chi connectivity index (χ0) is 15.2. The maximum Gasteiger partial charge on any atom is 0.161 e. The van der Waals surface area contributed by atoms with Crippen molar-refractivity contribution in [2.75, 3.05) is 34.4 Å². The lowest BCUT2D eigenvalue weighted by Crippen LogP contribution is -2.43. The molecule has 0 amide bonds. The Morgan fingerprint density at radius 2 is 2.00 bits per heavy atom. The molecule has 118 valence electrons. The molecule has 21 heavy (non-hydrogen) atoms. The number of piperidine rings is 1. The predicted octanol–water partition coefficient (Wildman–Crippen LogP) is 2.84. The molecule has 2 rings (SSSR count). The molecule has 1 heterocycles. The summed E-state index contributed by atoms with van der Waals surface area (Å²) in [4.78, 5) is 2.47. The molecule has 1 aliphatic heterocycles. The van der Waals surface area contributed by atoms with Crippen LogP contribution in [-0.2, 0) is 0 Å². The van der Waals surface area contributed by atoms with Crippen molar-refractivity contribution in [1.82, 2.24) is 10.2 Å². The van der Waals surface area contributed by atoms with Crippen molar-refractivity contribution in [2.45, 2.75) is 38.3 Å². The number of methoxy groups -OCH3 is 2. The quantitative estimate of drug-likeness (QED) is 0.874. The number of ether oxygens (including phenoxy) is 2. The topological polar surface area (TPSA) is 33.7 Å². The highest BCUT2D eigenvalue weighted by molar-refractivity contribution is 5.43. The summed E-state index contributed by atoms with van der Waals surface area (Å²) >= 11 is 0. The van der Waals surface area contributed by atoms with Gasteiger partial charge in [-0.25, -0.2) is 0 Å². The largest absolute Gasteiger partial charge is 0.493 e. The van der Waals surface area contributed by atoms with Gasteiger partial charge in [-0.05, 0) is 51.1 Å². The van der Waals surface area contributed by atoms with Gasteiger partial charge in [-0.1, -0.05) is 12.5 Å². The zero-order valence-electron chi connectivity index (χ0n) is 13.7. The summed E-state index contributed by atoms with van der Waals surface area (Å²) in [5, 5.41) is 3.65. The first-order valence-corrected chi connectivity index (χ1v) is 7.81. The minimum Gasteiger partial charge on any atom is -0.493 e. The van der Waals surface area contributed by atoms with Gasteiger partial charge in [-0.15, -0.1) is 0 Å². The van der Waals surface area contributed by atoms with E-state index < -0.39 is 0 Å². The van der Waals surface area contributed by atoms with E-state index in [0.717, 1.165) is 18.0 Å². The van der Waals surface area contributed by atoms with Gasteiger partial charge in [-0.2, -0.15) is 0 Å². The number of likely N-dealkylation sites (tertiary alicyclic amines) is 1. The summed E-state index contributed by atoms with van der Waals surface area (Å²) in [7, 11) is 5.57. The van der Waals surface area contributed by atoms with E-state index in [1.807, 2.05) is 6.07 Å². The second-order valence-corrected chi connectivity index (χ2v) is 5.87. The van der Waals surface area contributed by atoms with E-state index in [-0.39, 0.29) is 0 Å². The highest BCUT2D eigenvalue weighted by atomic mass is 16.5. The fourth-order valence-corrected chi connectivity index (χ4v) is 2.95. The first kappa shape index (κ1) is 16.1. The molecule has 0 spiro atoms. The van der Waals surface area contributed by atoms with Gasteiger partial charge in [0.25, 0.3) is 0 Å². The molecule has 0 bridgehead atoms. The molecule has 4 nitrogen and oxygen atoms in total. The molecule has 4 heteroatoms. The van der Waals surface area contributed by atoms with Crippen molar-refractivity contribution in [3.63, 3.8) is 0 Å². The third-order valence-electron chi connectivity index (χ3n) is 4.49. The minimum absolute atomic E-state index is 0.306. The van der Waals surface area contributed by atoms with Gasteiger partial charge in [0.05, 0.1) is 14.2 Å². The van der Waals surface area contributed by atoms with E-state index in [1.165, 1.54) is 31.4 Å². The van der Waals surface area contributed by atoms with Crippen LogP contribution in [0.5, 0.6) is 11.5 Å². The van der Waals surface area contributed by atoms with Gasteiger partial charge in [0.1, 0.15) is 0 Å². The summed E-state index contributed by atoms with van der Waals surface area (Å²) in [5.74, 6) is 1.57. The number of hydrogen-bond donors (Lipinski definition) is 1. The van der Waals surface area contributed by atoms with Crippen LogP contribution in [0.4, 0.5) is 0 Å². The number of hydrogen-bond acceptors (Lipinski definition) is 4. The molecule has 2 atom stereocenters. The lowest BCUT2D eigenvalue weighted by molar-refractivity contribution is 0.178. The van der Waals surface area contributed by atoms with Crippen LogP contribution < -0.4 is 14.8 Å². The van der Waals surface area contributed by atoms with Crippen molar-refractivity contribution in [1.29, 1.82) is 0 Å². The van der Waals surface area contributed by atoms with Crippen LogP contribution in [0.1, 0.15) is 37.8 Å². The van der Waals surface area contributed by atoms with Crippen LogP contribution in [-0.4, -0.2) is 45.3 Å². The van der Waals surface area contributed by atoms with Crippen molar-refractivity contribution >= 4 is 0 Å². The van der Waals surface area contributed by atoms with Gasteiger partial charge in [0.2, 0.25) is 0 Å². The number of likely N-dealkylation sites (N-methyl/N-ethyl adjacent to an activating group) is 1. The van der Waals surface area contributed by atoms with Crippen molar-refractivity contribution in [3.05, 3.63) is 23.8 Å². The average Bonchev–Trinajstić information content (AvgIpc) is 2.53. The van der Waals surface area contributed by atoms with Gasteiger partial charge in [0, 0.05) is 18.6 Å². The number of nitrogens with one attached hydrogen (secondary N) is 1. The van der Waals surface area contributed by atoms with Gasteiger partial charge in [0.15, 0.2) is 11.5 Å². The lowest BCUT2D eigenvalue weighted by atomic mass is 10.0. The molecular weight excluding hydrogens is 264 g/mol. The first-order chi connectivity index (χ1) is 10.2. The molecule has 0 radical (unpaired) electrons. The van der Waals surface area contributed by atoms with Gasteiger partial charge < -0.3 is 19.7 Å². The molecule has 1 saturated heterocycles. The highest BCUT2D eigenvalue weighted by Crippen LogP contribution is 2.30. The monoisotopic (exact) mass is 292 g/mol. The maximum absolute atomic E-state index is 5.38. The van der Waals surface area contributed by atoms with E-state index in [2.05, 4.69) is 36.3 Å². The summed E-state index contributed by atoms with van der Waals surface area (Å²) in [6.07, 6.45) is 3.97. The van der Waals surface area contributed by atoms with E-state index in [4.69, 9.17) is 9.47 Å². The third kappa shape index (κ3) is 4.11. The molecule has 1 aromatic carbocycles. The number of benzene rings is 1. The van der Waals surface area contributed by atoms with Crippen LogP contribution in [0.25, 0.3) is 0 Å². The molecule has 0 saturated carbocycles. The SMILES string of the molecule is COc1ccc(C(C)NCC2CCCCN2C)cc1OC. The molecule has 2 unspecified atom stereocenters. The summed E-state index contributed by atoms with van der Waals surface area (Å²) in [6, 6.07) is 7.09. The number of nitrogens with zero attached hydrogens (tertiary/aromatic N) is 1. The van der Waals surface area contributed by atoms with Gasteiger partial charge >= 0.3 is 0 Å². The van der Waals surface area contributed by atoms with Crippen LogP contribution in [0, 0.1) is 0 Å². The highest BCUT2D eigenvalue weighted by Gasteiger charge is 2.19. The fourth-order valence-electron chi connectivity index (χ4n) is 2.95. The zero-order valence-corrected chi connectivity index (χ0v) is 13.7. The molecule has 0 aromatic heterocycles. The standard InChI is InChI=1S/C17H28N2O2/c1-13(18-12-15-7-5-6-10-19(15)2)14-8-9-16(20-3)17(11-14)21-4/h8-9,11,13,15,18H,5-7,10,12H2,1-4H3. The van der Waals surface area contributed by atoms with Crippen molar-refractivity contribution in [3.8, 4) is 11.5 Å². The molecule has 0 aliphatic carbocycles. The van der Waals surface area contributed by atoms with Crippen molar-refractivity contribution in [2.24, 2.45) is 0 Å². The Morgan fingerprint density at radius 3 is 2.67 bits per heavy atom. The normalized spacial score (nSPS) is 21.0. The summed E-state index contributed by atoms with van der Waals surface area (Å²) in [6.45, 7) is 4.45. The Balaban J connectivity index is 1.95. The van der Waals surface area contributed by atoms with E-state index >= 15 is 0 Å². The Bertz CT molecular complexity index is 450. The van der Waals surface area contributed by atoms with E-state index in [9.17, 15) is 0 Å². The van der Waals surface area contributed by atoms with Crippen molar-refractivity contribution < 1.29 is 9.47 Å². The van der Waals surface area contributed by atoms with Crippen LogP contribution in [0.3, 0.4) is 0 Å². The summed E-state index contributed by atoms with van der Waals surface area (Å²) < 4.78 is 10.7. The van der Waals surface area contributed by atoms with E-state index in [1.54, 1.807) is 14.2 Å². The predicted molar refractivity (Wildman–Crippen MR) is 86.2 cm³/mol. The Labute approximate surface area is 128 Å². The molecule has 1 N–H and O–H groups in total. The molecular formula is C17H28N2O2. The number of rotatable bonds is 6. The Kier molecular flexibility index (Phi) is 5.88. The lowest BCUT2D eigenvalue weighted by Gasteiger charge is -2.33. The molecule has 1 aromatic rings. The van der Waals surface area contributed by atoms with Gasteiger partial charge in [-0.3, -0.25) is 0 Å². The smallest absolute Gasteiger partial charge is 0.161 e. The van der Waals surface area contributed by atoms with Crippen LogP contribution >= 0.6 is 0 Å². The molecule has 1 fully saturated rings. The Hall–Kier alpha value is -1.26. The summed E-state index contributed by atoms with van der Waals surface area (Å²) in [5.41, 5.74) is 1.23. The fraction of sp³-hybridized carbons (Fsp3) is 0.647. The van der Waals surface area contributed by atoms with Crippen LogP contribution in [0.2, 0.25) is 0 Å². The second-order valence-electron chi connectivity index (χ2n) is 5.87. The second kappa shape index (κ2) is 7.66. The van der Waals surface area contributed by atoms with E-state index in [0.29, 0.717) is 12.1 Å². The maximum atomic E-state index is 5.38.